The first kappa shape index (κ1) is 15.2. The second-order valence-electron chi connectivity index (χ2n) is 5.38. The standard InChI is InChI=1S/C15H16N2O3S2/c18-13(16-10-5-3-9(4-6-10)15(19)20)11-8-22-14(17-11)12-2-1-7-21-12/h1-2,7-10H,3-6H2,(H,16,18)(H,19,20). The highest BCUT2D eigenvalue weighted by Crippen LogP contribution is 2.28. The Kier molecular flexibility index (Phi) is 4.54. The molecular weight excluding hydrogens is 320 g/mol. The molecular formula is C15H16N2O3S2. The Morgan fingerprint density at radius 3 is 2.64 bits per heavy atom. The summed E-state index contributed by atoms with van der Waals surface area (Å²) in [4.78, 5) is 28.6. The van der Waals surface area contributed by atoms with Crippen LogP contribution in [0.4, 0.5) is 0 Å². The molecule has 2 heterocycles. The van der Waals surface area contributed by atoms with Crippen molar-refractivity contribution in [3.05, 3.63) is 28.6 Å². The van der Waals surface area contributed by atoms with Crippen LogP contribution >= 0.6 is 22.7 Å². The molecule has 0 bridgehead atoms. The Hall–Kier alpha value is -1.73. The molecule has 0 saturated heterocycles. The largest absolute Gasteiger partial charge is 0.481 e. The zero-order chi connectivity index (χ0) is 15.5. The molecule has 1 saturated carbocycles. The van der Waals surface area contributed by atoms with E-state index in [1.807, 2.05) is 17.5 Å². The van der Waals surface area contributed by atoms with Gasteiger partial charge in [0.05, 0.1) is 10.8 Å². The molecule has 7 heteroatoms. The Bertz CT molecular complexity index is 658. The van der Waals surface area contributed by atoms with Crippen molar-refractivity contribution in [1.29, 1.82) is 0 Å². The van der Waals surface area contributed by atoms with Crippen LogP contribution in [0.5, 0.6) is 0 Å². The first-order valence-corrected chi connectivity index (χ1v) is 8.92. The van der Waals surface area contributed by atoms with Crippen molar-refractivity contribution in [3.63, 3.8) is 0 Å². The van der Waals surface area contributed by atoms with Crippen LogP contribution in [0.1, 0.15) is 36.2 Å². The lowest BCUT2D eigenvalue weighted by atomic mass is 9.86. The van der Waals surface area contributed by atoms with Gasteiger partial charge in [0.15, 0.2) is 0 Å². The predicted molar refractivity (Wildman–Crippen MR) is 86.3 cm³/mol. The fourth-order valence-electron chi connectivity index (χ4n) is 2.64. The molecule has 5 nitrogen and oxygen atoms in total. The number of nitrogens with zero attached hydrogens (tertiary/aromatic N) is 1. The number of aliphatic carboxylic acids is 1. The number of nitrogens with one attached hydrogen (secondary N) is 1. The summed E-state index contributed by atoms with van der Waals surface area (Å²) in [5.41, 5.74) is 0.439. The minimum absolute atomic E-state index is 0.0509. The van der Waals surface area contributed by atoms with Crippen molar-refractivity contribution in [1.82, 2.24) is 10.3 Å². The average Bonchev–Trinajstić information content (AvgIpc) is 3.19. The van der Waals surface area contributed by atoms with E-state index in [2.05, 4.69) is 10.3 Å². The maximum atomic E-state index is 12.2. The van der Waals surface area contributed by atoms with Crippen molar-refractivity contribution < 1.29 is 14.7 Å². The van der Waals surface area contributed by atoms with Crippen molar-refractivity contribution in [2.24, 2.45) is 5.92 Å². The van der Waals surface area contributed by atoms with Gasteiger partial charge in [0, 0.05) is 11.4 Å². The fourth-order valence-corrected chi connectivity index (χ4v) is 4.25. The molecule has 0 spiro atoms. The molecule has 2 aromatic heterocycles. The summed E-state index contributed by atoms with van der Waals surface area (Å²) in [5, 5.41) is 16.6. The van der Waals surface area contributed by atoms with Crippen LogP contribution in [0.15, 0.2) is 22.9 Å². The number of aromatic nitrogens is 1. The van der Waals surface area contributed by atoms with Gasteiger partial charge < -0.3 is 10.4 Å². The molecule has 2 N–H and O–H groups in total. The van der Waals surface area contributed by atoms with Crippen LogP contribution in [0.3, 0.4) is 0 Å². The second kappa shape index (κ2) is 6.58. The molecule has 2 aromatic rings. The lowest BCUT2D eigenvalue weighted by Crippen LogP contribution is -2.38. The number of carboxylic acid groups (broad SMARTS) is 1. The van der Waals surface area contributed by atoms with Gasteiger partial charge in [-0.15, -0.1) is 22.7 Å². The van der Waals surface area contributed by atoms with E-state index in [-0.39, 0.29) is 17.9 Å². The number of hydrogen-bond donors (Lipinski definition) is 2. The highest BCUT2D eigenvalue weighted by Gasteiger charge is 2.27. The molecule has 116 valence electrons. The molecule has 3 rings (SSSR count). The van der Waals surface area contributed by atoms with Gasteiger partial charge in [-0.05, 0) is 37.1 Å². The SMILES string of the molecule is O=C(NC1CCC(C(=O)O)CC1)c1csc(-c2cccs2)n1. The summed E-state index contributed by atoms with van der Waals surface area (Å²) < 4.78 is 0. The molecule has 0 aromatic carbocycles. The van der Waals surface area contributed by atoms with Crippen molar-refractivity contribution in [2.75, 3.05) is 0 Å². The van der Waals surface area contributed by atoms with Gasteiger partial charge in [0.2, 0.25) is 0 Å². The van der Waals surface area contributed by atoms with Gasteiger partial charge in [-0.1, -0.05) is 6.07 Å². The molecule has 0 atom stereocenters. The van der Waals surface area contributed by atoms with Crippen LogP contribution in [0.25, 0.3) is 9.88 Å². The second-order valence-corrected chi connectivity index (χ2v) is 7.18. The number of carboxylic acids is 1. The minimum Gasteiger partial charge on any atom is -0.481 e. The molecule has 1 amide bonds. The van der Waals surface area contributed by atoms with E-state index in [9.17, 15) is 9.59 Å². The third-order valence-electron chi connectivity index (χ3n) is 3.88. The topological polar surface area (TPSA) is 79.3 Å². The fraction of sp³-hybridized carbons (Fsp3) is 0.400. The molecule has 1 aliphatic rings. The Morgan fingerprint density at radius 2 is 2.00 bits per heavy atom. The molecule has 0 aliphatic heterocycles. The predicted octanol–water partition coefficient (Wildman–Crippen LogP) is 3.24. The summed E-state index contributed by atoms with van der Waals surface area (Å²) in [6, 6.07) is 4.00. The number of thiophene rings is 1. The minimum atomic E-state index is -0.732. The molecule has 1 aliphatic carbocycles. The van der Waals surface area contributed by atoms with Crippen molar-refractivity contribution in [2.45, 2.75) is 31.7 Å². The number of carbonyl (C=O) groups is 2. The summed E-state index contributed by atoms with van der Waals surface area (Å²) in [6.45, 7) is 0. The number of thiazole rings is 1. The van der Waals surface area contributed by atoms with Crippen LogP contribution in [-0.2, 0) is 4.79 Å². The van der Waals surface area contributed by atoms with E-state index in [0.717, 1.165) is 9.88 Å². The smallest absolute Gasteiger partial charge is 0.306 e. The van der Waals surface area contributed by atoms with Crippen LogP contribution in [0.2, 0.25) is 0 Å². The number of amides is 1. The molecule has 1 fully saturated rings. The average molecular weight is 336 g/mol. The molecule has 22 heavy (non-hydrogen) atoms. The van der Waals surface area contributed by atoms with Crippen molar-refractivity contribution >= 4 is 34.6 Å². The summed E-state index contributed by atoms with van der Waals surface area (Å²) in [6.07, 6.45) is 2.67. The van der Waals surface area contributed by atoms with E-state index in [1.165, 1.54) is 11.3 Å². The van der Waals surface area contributed by atoms with E-state index >= 15 is 0 Å². The Labute approximate surface area is 136 Å². The number of rotatable bonds is 4. The normalized spacial score (nSPS) is 21.5. The molecule has 0 unspecified atom stereocenters. The van der Waals surface area contributed by atoms with E-state index < -0.39 is 5.97 Å². The maximum Gasteiger partial charge on any atom is 0.306 e. The first-order chi connectivity index (χ1) is 10.6. The maximum absolute atomic E-state index is 12.2. The highest BCUT2D eigenvalue weighted by molar-refractivity contribution is 7.20. The van der Waals surface area contributed by atoms with Gasteiger partial charge >= 0.3 is 5.97 Å². The lowest BCUT2D eigenvalue weighted by molar-refractivity contribution is -0.142. The Balaban J connectivity index is 1.58. The van der Waals surface area contributed by atoms with E-state index in [1.54, 1.807) is 16.7 Å². The van der Waals surface area contributed by atoms with E-state index in [0.29, 0.717) is 31.4 Å². The van der Waals surface area contributed by atoms with Crippen molar-refractivity contribution in [3.8, 4) is 9.88 Å². The number of carbonyl (C=O) groups excluding carboxylic acids is 1. The zero-order valence-corrected chi connectivity index (χ0v) is 13.5. The lowest BCUT2D eigenvalue weighted by Gasteiger charge is -2.26. The van der Waals surface area contributed by atoms with Crippen LogP contribution in [-0.4, -0.2) is 28.0 Å². The van der Waals surface area contributed by atoms with Crippen LogP contribution in [0, 0.1) is 5.92 Å². The van der Waals surface area contributed by atoms with Crippen LogP contribution < -0.4 is 5.32 Å². The monoisotopic (exact) mass is 336 g/mol. The van der Waals surface area contributed by atoms with Gasteiger partial charge in [-0.3, -0.25) is 9.59 Å². The van der Waals surface area contributed by atoms with E-state index in [4.69, 9.17) is 5.11 Å². The zero-order valence-electron chi connectivity index (χ0n) is 11.8. The first-order valence-electron chi connectivity index (χ1n) is 7.16. The highest BCUT2D eigenvalue weighted by atomic mass is 32.1. The van der Waals surface area contributed by atoms with Gasteiger partial charge in [-0.2, -0.15) is 0 Å². The molecule has 0 radical (unpaired) electrons. The quantitative estimate of drug-likeness (QED) is 0.898. The third kappa shape index (κ3) is 3.36. The van der Waals surface area contributed by atoms with Gasteiger partial charge in [-0.25, -0.2) is 4.98 Å². The summed E-state index contributed by atoms with van der Waals surface area (Å²) in [7, 11) is 0. The Morgan fingerprint density at radius 1 is 1.23 bits per heavy atom. The van der Waals surface area contributed by atoms with Gasteiger partial charge in [0.25, 0.3) is 5.91 Å². The summed E-state index contributed by atoms with van der Waals surface area (Å²) in [5.74, 6) is -1.17. The number of hydrogen-bond acceptors (Lipinski definition) is 5. The third-order valence-corrected chi connectivity index (χ3v) is 5.76. The summed E-state index contributed by atoms with van der Waals surface area (Å²) >= 11 is 3.06. The van der Waals surface area contributed by atoms with Gasteiger partial charge in [0.1, 0.15) is 10.7 Å².